The van der Waals surface area contributed by atoms with Crippen molar-refractivity contribution in [2.75, 3.05) is 0 Å². The Bertz CT molecular complexity index is 291. The van der Waals surface area contributed by atoms with Crippen LogP contribution in [0.1, 0.15) is 51.3 Å². The van der Waals surface area contributed by atoms with Crippen LogP contribution in [-0.2, 0) is 6.54 Å². The molecule has 0 aliphatic rings. The lowest BCUT2D eigenvalue weighted by Gasteiger charge is -2.14. The highest BCUT2D eigenvalue weighted by molar-refractivity contribution is 5.13. The molecule has 1 atom stereocenters. The highest BCUT2D eigenvalue weighted by atomic mass is 15.1. The van der Waals surface area contributed by atoms with Crippen LogP contribution in [0.2, 0.25) is 0 Å². The van der Waals surface area contributed by atoms with E-state index in [1.54, 1.807) is 0 Å². The predicted molar refractivity (Wildman–Crippen MR) is 68.3 cm³/mol. The Labute approximate surface area is 99.0 Å². The monoisotopic (exact) mass is 223 g/mol. The fraction of sp³-hybridized carbons (Fsp3) is 0.769. The summed E-state index contributed by atoms with van der Waals surface area (Å²) in [6, 6.07) is 0.591. The van der Waals surface area contributed by atoms with Crippen LogP contribution in [0.5, 0.6) is 0 Å². The largest absolute Gasteiger partial charge is 0.310 e. The summed E-state index contributed by atoms with van der Waals surface area (Å²) in [7, 11) is 0. The molecule has 1 heterocycles. The van der Waals surface area contributed by atoms with Crippen molar-refractivity contribution in [1.82, 2.24) is 15.5 Å². The van der Waals surface area contributed by atoms with Crippen LogP contribution in [0.3, 0.4) is 0 Å². The number of H-pyrrole nitrogens is 1. The third-order valence-electron chi connectivity index (χ3n) is 2.99. The zero-order valence-corrected chi connectivity index (χ0v) is 11.0. The Kier molecular flexibility index (Phi) is 5.53. The maximum atomic E-state index is 4.02. The molecule has 0 aliphatic carbocycles. The summed E-state index contributed by atoms with van der Waals surface area (Å²) >= 11 is 0. The maximum absolute atomic E-state index is 4.02. The quantitative estimate of drug-likeness (QED) is 0.746. The van der Waals surface area contributed by atoms with Crippen molar-refractivity contribution < 1.29 is 0 Å². The highest BCUT2D eigenvalue weighted by Crippen LogP contribution is 2.09. The van der Waals surface area contributed by atoms with E-state index in [0.717, 1.165) is 12.5 Å². The van der Waals surface area contributed by atoms with Crippen molar-refractivity contribution in [2.24, 2.45) is 5.92 Å². The average molecular weight is 223 g/mol. The first kappa shape index (κ1) is 13.2. The number of nitrogens with one attached hydrogen (secondary N) is 2. The van der Waals surface area contributed by atoms with E-state index < -0.39 is 0 Å². The third kappa shape index (κ3) is 4.79. The van der Waals surface area contributed by atoms with Crippen molar-refractivity contribution in [3.63, 3.8) is 0 Å². The normalized spacial score (nSPS) is 13.3. The van der Waals surface area contributed by atoms with E-state index in [1.165, 1.54) is 30.5 Å². The lowest BCUT2D eigenvalue weighted by atomic mass is 10.0. The standard InChI is InChI=1S/C13H25N3/c1-10(2)6-5-7-11(3)14-8-13-9-15-16-12(13)4/h9-11,14H,5-8H2,1-4H3,(H,15,16). The topological polar surface area (TPSA) is 40.7 Å². The Morgan fingerprint density at radius 3 is 2.62 bits per heavy atom. The highest BCUT2D eigenvalue weighted by Gasteiger charge is 2.04. The molecule has 3 heteroatoms. The molecule has 1 unspecified atom stereocenters. The van der Waals surface area contributed by atoms with E-state index in [4.69, 9.17) is 0 Å². The molecular weight excluding hydrogens is 198 g/mol. The summed E-state index contributed by atoms with van der Waals surface area (Å²) < 4.78 is 0. The van der Waals surface area contributed by atoms with Gasteiger partial charge in [0, 0.05) is 23.8 Å². The third-order valence-corrected chi connectivity index (χ3v) is 2.99. The van der Waals surface area contributed by atoms with Gasteiger partial charge in [0.05, 0.1) is 6.20 Å². The summed E-state index contributed by atoms with van der Waals surface area (Å²) in [4.78, 5) is 0. The van der Waals surface area contributed by atoms with Crippen LogP contribution in [0.25, 0.3) is 0 Å². The molecule has 1 aromatic rings. The molecule has 0 aromatic carbocycles. The zero-order chi connectivity index (χ0) is 12.0. The first-order chi connectivity index (χ1) is 7.59. The first-order valence-corrected chi connectivity index (χ1v) is 6.31. The van der Waals surface area contributed by atoms with Gasteiger partial charge in [-0.3, -0.25) is 5.10 Å². The van der Waals surface area contributed by atoms with Gasteiger partial charge < -0.3 is 5.32 Å². The van der Waals surface area contributed by atoms with Gasteiger partial charge in [-0.25, -0.2) is 0 Å². The second-order valence-electron chi connectivity index (χ2n) is 5.13. The summed E-state index contributed by atoms with van der Waals surface area (Å²) in [6.07, 6.45) is 5.81. The van der Waals surface area contributed by atoms with E-state index in [9.17, 15) is 0 Å². The molecule has 92 valence electrons. The van der Waals surface area contributed by atoms with Gasteiger partial charge in [0.2, 0.25) is 0 Å². The van der Waals surface area contributed by atoms with Crippen LogP contribution in [0.15, 0.2) is 6.20 Å². The molecule has 0 spiro atoms. The first-order valence-electron chi connectivity index (χ1n) is 6.31. The van der Waals surface area contributed by atoms with Crippen molar-refractivity contribution in [3.8, 4) is 0 Å². The van der Waals surface area contributed by atoms with Gasteiger partial charge in [0.15, 0.2) is 0 Å². The van der Waals surface area contributed by atoms with Crippen molar-refractivity contribution in [3.05, 3.63) is 17.5 Å². The van der Waals surface area contributed by atoms with Gasteiger partial charge in [-0.1, -0.05) is 26.7 Å². The molecule has 0 bridgehead atoms. The molecule has 3 nitrogen and oxygen atoms in total. The predicted octanol–water partition coefficient (Wildman–Crippen LogP) is 3.02. The Morgan fingerprint density at radius 2 is 2.06 bits per heavy atom. The molecule has 0 saturated carbocycles. The molecule has 16 heavy (non-hydrogen) atoms. The smallest absolute Gasteiger partial charge is 0.0535 e. The molecule has 0 fully saturated rings. The number of aromatic amines is 1. The van der Waals surface area contributed by atoms with Gasteiger partial charge in [0.25, 0.3) is 0 Å². The maximum Gasteiger partial charge on any atom is 0.0535 e. The van der Waals surface area contributed by atoms with Crippen LogP contribution in [-0.4, -0.2) is 16.2 Å². The molecule has 0 amide bonds. The van der Waals surface area contributed by atoms with Crippen LogP contribution >= 0.6 is 0 Å². The SMILES string of the molecule is Cc1[nH]ncc1CNC(C)CCCC(C)C. The summed E-state index contributed by atoms with van der Waals surface area (Å²) in [5.74, 6) is 0.823. The molecular formula is C13H25N3. The van der Waals surface area contributed by atoms with Gasteiger partial charge in [-0.15, -0.1) is 0 Å². The summed E-state index contributed by atoms with van der Waals surface area (Å²) in [5, 5.41) is 10.5. The molecule has 1 rings (SSSR count). The van der Waals surface area contributed by atoms with E-state index in [-0.39, 0.29) is 0 Å². The molecule has 0 saturated heterocycles. The minimum Gasteiger partial charge on any atom is -0.310 e. The van der Waals surface area contributed by atoms with Crippen molar-refractivity contribution in [1.29, 1.82) is 0 Å². The number of rotatable bonds is 7. The lowest BCUT2D eigenvalue weighted by molar-refractivity contribution is 0.457. The van der Waals surface area contributed by atoms with E-state index >= 15 is 0 Å². The van der Waals surface area contributed by atoms with Crippen molar-refractivity contribution >= 4 is 0 Å². The second-order valence-corrected chi connectivity index (χ2v) is 5.13. The molecule has 1 aromatic heterocycles. The van der Waals surface area contributed by atoms with Crippen LogP contribution in [0, 0.1) is 12.8 Å². The molecule has 0 radical (unpaired) electrons. The lowest BCUT2D eigenvalue weighted by Crippen LogP contribution is -2.25. The number of nitrogens with zero attached hydrogens (tertiary/aromatic N) is 1. The number of hydrogen-bond donors (Lipinski definition) is 2. The van der Waals surface area contributed by atoms with Gasteiger partial charge in [-0.05, 0) is 26.2 Å². The summed E-state index contributed by atoms with van der Waals surface area (Å²) in [5.41, 5.74) is 2.44. The van der Waals surface area contributed by atoms with Gasteiger partial charge >= 0.3 is 0 Å². The van der Waals surface area contributed by atoms with Crippen molar-refractivity contribution in [2.45, 2.75) is 59.5 Å². The molecule has 0 aliphatic heterocycles. The van der Waals surface area contributed by atoms with E-state index in [1.807, 2.05) is 6.20 Å². The van der Waals surface area contributed by atoms with Gasteiger partial charge in [-0.2, -0.15) is 5.10 Å². The van der Waals surface area contributed by atoms with Crippen LogP contribution in [0.4, 0.5) is 0 Å². The van der Waals surface area contributed by atoms with E-state index in [0.29, 0.717) is 6.04 Å². The van der Waals surface area contributed by atoms with Gasteiger partial charge in [0.1, 0.15) is 0 Å². The average Bonchev–Trinajstić information content (AvgIpc) is 2.60. The number of hydrogen-bond acceptors (Lipinski definition) is 2. The minimum absolute atomic E-state index is 0.591. The fourth-order valence-electron chi connectivity index (χ4n) is 1.77. The minimum atomic E-state index is 0.591. The summed E-state index contributed by atoms with van der Waals surface area (Å²) in [6.45, 7) is 9.81. The number of aryl methyl sites for hydroxylation is 1. The van der Waals surface area contributed by atoms with Crippen LogP contribution < -0.4 is 5.32 Å². The zero-order valence-electron chi connectivity index (χ0n) is 11.0. The Morgan fingerprint density at radius 1 is 1.31 bits per heavy atom. The fourth-order valence-corrected chi connectivity index (χ4v) is 1.77. The van der Waals surface area contributed by atoms with E-state index in [2.05, 4.69) is 43.2 Å². The molecule has 2 N–H and O–H groups in total. The second kappa shape index (κ2) is 6.69. The Hall–Kier alpha value is -0.830. The Balaban J connectivity index is 2.15. The number of aromatic nitrogens is 2.